The first-order valence-electron chi connectivity index (χ1n) is 6.02. The summed E-state index contributed by atoms with van der Waals surface area (Å²) in [6.45, 7) is 0.115. The summed E-state index contributed by atoms with van der Waals surface area (Å²) in [7, 11) is 0. The fourth-order valence-electron chi connectivity index (χ4n) is 2.00. The molecule has 0 bridgehead atoms. The van der Waals surface area contributed by atoms with Gasteiger partial charge in [0.1, 0.15) is 17.9 Å². The maximum absolute atomic E-state index is 11.2. The minimum atomic E-state index is -1.11. The number of pyridine rings is 1. The number of ether oxygens (including phenoxy) is 1. The van der Waals surface area contributed by atoms with Crippen molar-refractivity contribution < 1.29 is 19.1 Å². The Morgan fingerprint density at radius 3 is 2.85 bits per heavy atom. The molecule has 0 saturated heterocycles. The molecule has 5 nitrogen and oxygen atoms in total. The summed E-state index contributed by atoms with van der Waals surface area (Å²) in [4.78, 5) is 15.2. The minimum Gasteiger partial charge on any atom is -0.487 e. The fourth-order valence-corrected chi connectivity index (χ4v) is 2.00. The Bertz CT molecular complexity index is 749. The summed E-state index contributed by atoms with van der Waals surface area (Å²) in [5.74, 6) is -0.616. The Morgan fingerprint density at radius 2 is 2.10 bits per heavy atom. The van der Waals surface area contributed by atoms with Crippen LogP contribution >= 0.6 is 0 Å². The van der Waals surface area contributed by atoms with Gasteiger partial charge in [0, 0.05) is 11.6 Å². The maximum atomic E-state index is 11.2. The Morgan fingerprint density at radius 1 is 1.25 bits per heavy atom. The lowest BCUT2D eigenvalue weighted by Crippen LogP contribution is -2.03. The number of carboxylic acid groups (broad SMARTS) is 1. The predicted molar refractivity (Wildman–Crippen MR) is 71.7 cm³/mol. The molecule has 0 aliphatic carbocycles. The van der Waals surface area contributed by atoms with Crippen LogP contribution in [0.2, 0.25) is 0 Å². The van der Waals surface area contributed by atoms with Crippen LogP contribution in [0.25, 0.3) is 11.0 Å². The van der Waals surface area contributed by atoms with Crippen molar-refractivity contribution in [2.75, 3.05) is 0 Å². The second-order valence-corrected chi connectivity index (χ2v) is 4.19. The number of carboxylic acids is 1. The van der Waals surface area contributed by atoms with E-state index in [4.69, 9.17) is 9.15 Å². The third-order valence-electron chi connectivity index (χ3n) is 2.91. The highest BCUT2D eigenvalue weighted by Crippen LogP contribution is 2.27. The number of rotatable bonds is 4. The van der Waals surface area contributed by atoms with Crippen molar-refractivity contribution in [3.05, 3.63) is 60.1 Å². The van der Waals surface area contributed by atoms with E-state index in [9.17, 15) is 9.90 Å². The van der Waals surface area contributed by atoms with Gasteiger partial charge in [-0.05, 0) is 18.2 Å². The van der Waals surface area contributed by atoms with Crippen molar-refractivity contribution >= 4 is 16.9 Å². The third kappa shape index (κ3) is 2.21. The van der Waals surface area contributed by atoms with Crippen molar-refractivity contribution in [2.45, 2.75) is 6.61 Å². The van der Waals surface area contributed by atoms with E-state index in [1.54, 1.807) is 36.7 Å². The molecule has 0 atom stereocenters. The van der Waals surface area contributed by atoms with Crippen molar-refractivity contribution in [3.63, 3.8) is 0 Å². The second kappa shape index (κ2) is 5.05. The molecule has 100 valence electrons. The molecule has 0 amide bonds. The van der Waals surface area contributed by atoms with Crippen molar-refractivity contribution in [1.29, 1.82) is 0 Å². The Balaban J connectivity index is 1.97. The molecule has 0 aliphatic heterocycles. The van der Waals surface area contributed by atoms with Gasteiger partial charge in [-0.15, -0.1) is 0 Å². The number of benzene rings is 1. The van der Waals surface area contributed by atoms with E-state index in [1.165, 1.54) is 0 Å². The zero-order valence-corrected chi connectivity index (χ0v) is 10.4. The highest BCUT2D eigenvalue weighted by atomic mass is 16.5. The van der Waals surface area contributed by atoms with Crippen LogP contribution in [0.4, 0.5) is 0 Å². The fraction of sp³-hybridized carbons (Fsp3) is 0.0667. The van der Waals surface area contributed by atoms with Crippen LogP contribution in [0.5, 0.6) is 5.75 Å². The topological polar surface area (TPSA) is 72.6 Å². The first-order chi connectivity index (χ1) is 9.75. The summed E-state index contributed by atoms with van der Waals surface area (Å²) < 4.78 is 10.9. The number of nitrogens with zero attached hydrogens (tertiary/aromatic N) is 1. The number of carbonyl (C=O) groups is 1. The average Bonchev–Trinajstić information content (AvgIpc) is 2.85. The number of para-hydroxylation sites is 1. The van der Waals surface area contributed by atoms with Gasteiger partial charge in [-0.1, -0.05) is 18.2 Å². The first kappa shape index (κ1) is 12.2. The highest BCUT2D eigenvalue weighted by molar-refractivity contribution is 5.95. The van der Waals surface area contributed by atoms with E-state index in [1.807, 2.05) is 12.1 Å². The summed E-state index contributed by atoms with van der Waals surface area (Å²) in [5, 5.41) is 9.95. The van der Waals surface area contributed by atoms with E-state index in [-0.39, 0.29) is 12.4 Å². The quantitative estimate of drug-likeness (QED) is 0.787. The van der Waals surface area contributed by atoms with Gasteiger partial charge in [0.2, 0.25) is 5.76 Å². The molecule has 2 heterocycles. The number of aromatic carboxylic acids is 1. The molecule has 5 heteroatoms. The number of fused-ring (bicyclic) bond motifs is 1. The van der Waals surface area contributed by atoms with Crippen molar-refractivity contribution in [2.24, 2.45) is 0 Å². The van der Waals surface area contributed by atoms with Gasteiger partial charge in [-0.2, -0.15) is 0 Å². The van der Waals surface area contributed by atoms with Crippen molar-refractivity contribution in [1.82, 2.24) is 4.98 Å². The number of aromatic nitrogens is 1. The molecule has 1 aromatic carbocycles. The molecule has 3 aromatic rings. The van der Waals surface area contributed by atoms with Crippen LogP contribution in [0, 0.1) is 0 Å². The van der Waals surface area contributed by atoms with Gasteiger partial charge in [-0.25, -0.2) is 4.79 Å². The number of hydrogen-bond donors (Lipinski definition) is 1. The molecule has 0 aliphatic rings. The molecule has 20 heavy (non-hydrogen) atoms. The largest absolute Gasteiger partial charge is 0.487 e. The first-order valence-corrected chi connectivity index (χ1v) is 6.02. The van der Waals surface area contributed by atoms with Gasteiger partial charge in [0.25, 0.3) is 0 Å². The SMILES string of the molecule is O=C(O)c1oc2ccccc2c1COc1cccnc1. The van der Waals surface area contributed by atoms with Gasteiger partial charge >= 0.3 is 5.97 Å². The van der Waals surface area contributed by atoms with Crippen LogP contribution in [-0.4, -0.2) is 16.1 Å². The Labute approximate surface area is 114 Å². The summed E-state index contributed by atoms with van der Waals surface area (Å²) in [6, 6.07) is 10.7. The summed E-state index contributed by atoms with van der Waals surface area (Å²) in [6.07, 6.45) is 3.21. The van der Waals surface area contributed by atoms with E-state index in [0.29, 0.717) is 16.9 Å². The molecule has 0 fully saturated rings. The van der Waals surface area contributed by atoms with Crippen LogP contribution in [-0.2, 0) is 6.61 Å². The molecule has 3 rings (SSSR count). The third-order valence-corrected chi connectivity index (χ3v) is 2.91. The minimum absolute atomic E-state index is 0.0879. The standard InChI is InChI=1S/C15H11NO4/c17-15(18)14-12(9-19-10-4-3-7-16-8-10)11-5-1-2-6-13(11)20-14/h1-8H,9H2,(H,17,18). The van der Waals surface area contributed by atoms with E-state index < -0.39 is 5.97 Å². The molecular weight excluding hydrogens is 258 g/mol. The second-order valence-electron chi connectivity index (χ2n) is 4.19. The van der Waals surface area contributed by atoms with Crippen molar-refractivity contribution in [3.8, 4) is 5.75 Å². The normalized spacial score (nSPS) is 10.6. The van der Waals surface area contributed by atoms with Gasteiger partial charge in [-0.3, -0.25) is 4.98 Å². The summed E-state index contributed by atoms with van der Waals surface area (Å²) in [5.41, 5.74) is 1.06. The highest BCUT2D eigenvalue weighted by Gasteiger charge is 2.20. The average molecular weight is 269 g/mol. The lowest BCUT2D eigenvalue weighted by atomic mass is 10.1. The van der Waals surface area contributed by atoms with E-state index in [0.717, 1.165) is 5.39 Å². The smallest absolute Gasteiger partial charge is 0.372 e. The van der Waals surface area contributed by atoms with Gasteiger partial charge < -0.3 is 14.3 Å². The molecular formula is C15H11NO4. The lowest BCUT2D eigenvalue weighted by Gasteiger charge is -2.04. The van der Waals surface area contributed by atoms with Crippen LogP contribution in [0.3, 0.4) is 0 Å². The zero-order valence-electron chi connectivity index (χ0n) is 10.4. The number of furan rings is 1. The van der Waals surface area contributed by atoms with Crippen LogP contribution in [0.1, 0.15) is 16.1 Å². The van der Waals surface area contributed by atoms with E-state index >= 15 is 0 Å². The van der Waals surface area contributed by atoms with Gasteiger partial charge in [0.05, 0.1) is 11.8 Å². The monoisotopic (exact) mass is 269 g/mol. The molecule has 0 radical (unpaired) electrons. The molecule has 2 aromatic heterocycles. The lowest BCUT2D eigenvalue weighted by molar-refractivity contribution is 0.0661. The Kier molecular flexibility index (Phi) is 3.09. The molecule has 0 unspecified atom stereocenters. The summed E-state index contributed by atoms with van der Waals surface area (Å²) >= 11 is 0. The number of hydrogen-bond acceptors (Lipinski definition) is 4. The zero-order chi connectivity index (χ0) is 13.9. The Hall–Kier alpha value is -2.82. The predicted octanol–water partition coefficient (Wildman–Crippen LogP) is 3.11. The maximum Gasteiger partial charge on any atom is 0.372 e. The molecule has 0 saturated carbocycles. The van der Waals surface area contributed by atoms with Gasteiger partial charge in [0.15, 0.2) is 0 Å². The van der Waals surface area contributed by atoms with Crippen LogP contribution in [0.15, 0.2) is 53.2 Å². The van der Waals surface area contributed by atoms with Crippen LogP contribution < -0.4 is 4.74 Å². The molecule has 1 N–H and O–H groups in total. The molecule has 0 spiro atoms. The van der Waals surface area contributed by atoms with E-state index in [2.05, 4.69) is 4.98 Å².